The van der Waals surface area contributed by atoms with Crippen molar-refractivity contribution in [3.05, 3.63) is 99.7 Å². The molecule has 0 spiro atoms. The number of ether oxygens (including phenoxy) is 1. The van der Waals surface area contributed by atoms with Gasteiger partial charge in [-0.05, 0) is 48.9 Å². The lowest BCUT2D eigenvalue weighted by molar-refractivity contribution is -0.137. The number of hydrogen-bond acceptors (Lipinski definition) is 4. The molecule has 0 N–H and O–H groups in total. The van der Waals surface area contributed by atoms with Crippen molar-refractivity contribution in [1.82, 2.24) is 0 Å². The van der Waals surface area contributed by atoms with Crippen molar-refractivity contribution in [2.75, 3.05) is 6.61 Å². The van der Waals surface area contributed by atoms with Gasteiger partial charge in [-0.3, -0.25) is 9.59 Å². The van der Waals surface area contributed by atoms with E-state index in [2.05, 4.69) is 0 Å². The van der Waals surface area contributed by atoms with Crippen LogP contribution in [-0.2, 0) is 6.18 Å². The van der Waals surface area contributed by atoms with Gasteiger partial charge >= 0.3 is 6.18 Å². The van der Waals surface area contributed by atoms with Gasteiger partial charge in [-0.2, -0.15) is 13.2 Å². The first-order chi connectivity index (χ1) is 15.6. The summed E-state index contributed by atoms with van der Waals surface area (Å²) < 4.78 is 63.0. The Balaban J connectivity index is 1.58. The van der Waals surface area contributed by atoms with Crippen molar-refractivity contribution in [2.45, 2.75) is 13.1 Å². The summed E-state index contributed by atoms with van der Waals surface area (Å²) in [5.74, 6) is -0.537. The number of hydrogen-bond donors (Lipinski definition) is 0. The highest BCUT2D eigenvalue weighted by Crippen LogP contribution is 2.30. The zero-order chi connectivity index (χ0) is 23.8. The van der Waals surface area contributed by atoms with E-state index < -0.39 is 29.9 Å². The Labute approximate surface area is 185 Å². The van der Waals surface area contributed by atoms with E-state index in [0.717, 1.165) is 18.2 Å². The van der Waals surface area contributed by atoms with E-state index in [0.29, 0.717) is 16.9 Å². The number of carbonyl (C=O) groups excluding carboxylic acids is 1. The fourth-order valence-corrected chi connectivity index (χ4v) is 3.43. The van der Waals surface area contributed by atoms with Gasteiger partial charge in [-0.1, -0.05) is 24.3 Å². The molecule has 3 aromatic carbocycles. The number of Topliss-reactive ketones (excluding diaryl/α,β-unsaturated/α-hetero) is 1. The molecular weight excluding hydrogens is 440 g/mol. The largest absolute Gasteiger partial charge is 0.485 e. The summed E-state index contributed by atoms with van der Waals surface area (Å²) >= 11 is 0. The molecule has 4 aromatic rings. The monoisotopic (exact) mass is 456 g/mol. The smallest absolute Gasteiger partial charge is 0.416 e. The molecule has 0 unspecified atom stereocenters. The standard InChI is InChI=1S/C25H16F4O4/c1-14-23(15-5-7-18(26)8-6-15)24(31)20-10-9-19(12-22(20)33-14)32-13-21(30)16-3-2-4-17(11-16)25(27,28)29/h2-12H,13H2,1H3. The molecule has 0 amide bonds. The van der Waals surface area contributed by atoms with E-state index in [1.165, 1.54) is 48.5 Å². The summed E-state index contributed by atoms with van der Waals surface area (Å²) in [5, 5.41) is 0.261. The Bertz CT molecular complexity index is 1400. The molecule has 4 nitrogen and oxygen atoms in total. The molecule has 33 heavy (non-hydrogen) atoms. The molecule has 8 heteroatoms. The van der Waals surface area contributed by atoms with Crippen molar-refractivity contribution in [2.24, 2.45) is 0 Å². The average Bonchev–Trinajstić information content (AvgIpc) is 2.78. The van der Waals surface area contributed by atoms with Crippen molar-refractivity contribution in [1.29, 1.82) is 0 Å². The minimum atomic E-state index is -4.56. The topological polar surface area (TPSA) is 56.5 Å². The van der Waals surface area contributed by atoms with E-state index in [-0.39, 0.29) is 27.7 Å². The van der Waals surface area contributed by atoms with Crippen molar-refractivity contribution in [3.8, 4) is 16.9 Å². The predicted octanol–water partition coefficient (Wildman–Crippen LogP) is 6.19. The van der Waals surface area contributed by atoms with Gasteiger partial charge in [0, 0.05) is 11.6 Å². The van der Waals surface area contributed by atoms with Crippen molar-refractivity contribution >= 4 is 16.8 Å². The van der Waals surface area contributed by atoms with Crippen LogP contribution in [0, 0.1) is 12.7 Å². The molecule has 0 aliphatic rings. The first-order valence-electron chi connectivity index (χ1n) is 9.80. The van der Waals surface area contributed by atoms with E-state index in [4.69, 9.17) is 9.15 Å². The van der Waals surface area contributed by atoms with Gasteiger partial charge < -0.3 is 9.15 Å². The highest BCUT2D eigenvalue weighted by Gasteiger charge is 2.30. The van der Waals surface area contributed by atoms with Gasteiger partial charge in [0.25, 0.3) is 0 Å². The SMILES string of the molecule is Cc1oc2cc(OCC(=O)c3cccc(C(F)(F)F)c3)ccc2c(=O)c1-c1ccc(F)cc1. The lowest BCUT2D eigenvalue weighted by Crippen LogP contribution is -2.13. The third-order valence-electron chi connectivity index (χ3n) is 5.05. The number of fused-ring (bicyclic) bond motifs is 1. The third-order valence-corrected chi connectivity index (χ3v) is 5.05. The Kier molecular flexibility index (Phi) is 5.76. The van der Waals surface area contributed by atoms with Gasteiger partial charge in [-0.25, -0.2) is 4.39 Å². The quantitative estimate of drug-likeness (QED) is 0.266. The lowest BCUT2D eigenvalue weighted by Gasteiger charge is -2.10. The number of carbonyl (C=O) groups is 1. The summed E-state index contributed by atoms with van der Waals surface area (Å²) in [4.78, 5) is 25.3. The third kappa shape index (κ3) is 4.64. The first-order valence-corrected chi connectivity index (χ1v) is 9.80. The molecule has 168 valence electrons. The molecule has 0 aliphatic carbocycles. The summed E-state index contributed by atoms with van der Waals surface area (Å²) in [5.41, 5.74) is -0.336. The van der Waals surface area contributed by atoms with Crippen LogP contribution in [0.3, 0.4) is 0 Å². The highest BCUT2D eigenvalue weighted by atomic mass is 19.4. The molecule has 0 aliphatic heterocycles. The zero-order valence-corrected chi connectivity index (χ0v) is 17.2. The molecule has 0 saturated carbocycles. The molecule has 1 heterocycles. The Morgan fingerprint density at radius 3 is 2.42 bits per heavy atom. The minimum absolute atomic E-state index is 0.128. The van der Waals surface area contributed by atoms with Crippen molar-refractivity contribution in [3.63, 3.8) is 0 Å². The predicted molar refractivity (Wildman–Crippen MR) is 114 cm³/mol. The average molecular weight is 456 g/mol. The van der Waals surface area contributed by atoms with Crippen LogP contribution in [0.15, 0.2) is 75.9 Å². The van der Waals surface area contributed by atoms with Crippen LogP contribution in [0.2, 0.25) is 0 Å². The van der Waals surface area contributed by atoms with Crippen LogP contribution in [0.4, 0.5) is 17.6 Å². The molecule has 1 aromatic heterocycles. The summed E-state index contributed by atoms with van der Waals surface area (Å²) in [7, 11) is 0. The minimum Gasteiger partial charge on any atom is -0.485 e. The number of rotatable bonds is 5. The fourth-order valence-electron chi connectivity index (χ4n) is 3.43. The summed E-state index contributed by atoms with van der Waals surface area (Å²) in [6.07, 6.45) is -4.56. The maximum Gasteiger partial charge on any atom is 0.416 e. The first kappa shape index (κ1) is 22.3. The number of aryl methyl sites for hydroxylation is 1. The maximum atomic E-state index is 13.2. The van der Waals surface area contributed by atoms with Crippen LogP contribution in [-0.4, -0.2) is 12.4 Å². The second-order valence-electron chi connectivity index (χ2n) is 7.32. The van der Waals surface area contributed by atoms with Crippen LogP contribution in [0.25, 0.3) is 22.1 Å². The van der Waals surface area contributed by atoms with Gasteiger partial charge in [-0.15, -0.1) is 0 Å². The van der Waals surface area contributed by atoms with Crippen molar-refractivity contribution < 1.29 is 31.5 Å². The normalized spacial score (nSPS) is 11.5. The van der Waals surface area contributed by atoms with Crippen LogP contribution < -0.4 is 10.2 Å². The van der Waals surface area contributed by atoms with E-state index in [1.54, 1.807) is 6.92 Å². The molecule has 0 radical (unpaired) electrons. The lowest BCUT2D eigenvalue weighted by atomic mass is 10.0. The van der Waals surface area contributed by atoms with Gasteiger partial charge in [0.1, 0.15) is 22.9 Å². The molecule has 0 atom stereocenters. The summed E-state index contributed by atoms with van der Waals surface area (Å²) in [6, 6.07) is 13.9. The zero-order valence-electron chi connectivity index (χ0n) is 17.2. The Hall–Kier alpha value is -3.94. The maximum absolute atomic E-state index is 13.2. The van der Waals surface area contributed by atoms with Crippen LogP contribution in [0.1, 0.15) is 21.7 Å². The molecule has 0 bridgehead atoms. The molecule has 0 saturated heterocycles. The van der Waals surface area contributed by atoms with Crippen LogP contribution in [0.5, 0.6) is 5.75 Å². The van der Waals surface area contributed by atoms with Gasteiger partial charge in [0.15, 0.2) is 12.4 Å². The second-order valence-corrected chi connectivity index (χ2v) is 7.32. The van der Waals surface area contributed by atoms with E-state index >= 15 is 0 Å². The Morgan fingerprint density at radius 1 is 1.00 bits per heavy atom. The van der Waals surface area contributed by atoms with Gasteiger partial charge in [0.05, 0.1) is 16.5 Å². The molecular formula is C25H16F4O4. The molecule has 4 rings (SSSR count). The van der Waals surface area contributed by atoms with E-state index in [1.807, 2.05) is 0 Å². The highest BCUT2D eigenvalue weighted by molar-refractivity contribution is 5.97. The Morgan fingerprint density at radius 2 is 1.73 bits per heavy atom. The number of benzene rings is 3. The number of halogens is 4. The molecule has 0 fully saturated rings. The second kappa shape index (κ2) is 8.54. The number of ketones is 1. The summed E-state index contributed by atoms with van der Waals surface area (Å²) in [6.45, 7) is 1.11. The number of alkyl halides is 3. The van der Waals surface area contributed by atoms with Gasteiger partial charge in [0.2, 0.25) is 5.43 Å². The van der Waals surface area contributed by atoms with Crippen LogP contribution >= 0.6 is 0 Å². The fraction of sp³-hybridized carbons (Fsp3) is 0.120. The van der Waals surface area contributed by atoms with E-state index in [9.17, 15) is 27.2 Å².